The Morgan fingerprint density at radius 2 is 2.12 bits per heavy atom. The number of nitrogens with one attached hydrogen (secondary N) is 1. The van der Waals surface area contributed by atoms with Crippen LogP contribution in [0.15, 0.2) is 42.7 Å². The predicted molar refractivity (Wildman–Crippen MR) is 97.4 cm³/mol. The van der Waals surface area contributed by atoms with Crippen molar-refractivity contribution in [3.05, 3.63) is 58.9 Å². The average molecular weight is 346 g/mol. The van der Waals surface area contributed by atoms with E-state index in [0.717, 1.165) is 41.5 Å². The summed E-state index contributed by atoms with van der Waals surface area (Å²) in [4.78, 5) is 6.49. The number of likely N-dealkylation sites (tertiary alicyclic amines) is 1. The minimum absolute atomic E-state index is 0.511. The van der Waals surface area contributed by atoms with E-state index in [1.54, 1.807) is 6.20 Å². The number of hydrogen-bond acceptors (Lipinski definition) is 4. The predicted octanol–water partition coefficient (Wildman–Crippen LogP) is 3.50. The van der Waals surface area contributed by atoms with E-state index in [4.69, 9.17) is 16.3 Å². The van der Waals surface area contributed by atoms with Crippen LogP contribution in [0, 0.1) is 0 Å². The highest BCUT2D eigenvalue weighted by Crippen LogP contribution is 2.24. The number of aromatic nitrogens is 1. The van der Waals surface area contributed by atoms with Crippen molar-refractivity contribution >= 4 is 11.6 Å². The van der Waals surface area contributed by atoms with Crippen molar-refractivity contribution in [3.63, 3.8) is 0 Å². The van der Waals surface area contributed by atoms with Crippen LogP contribution in [0.25, 0.3) is 0 Å². The normalized spacial score (nSPS) is 16.2. The molecular formula is C19H24ClN3O. The molecule has 0 saturated carbocycles. The third kappa shape index (κ3) is 4.94. The van der Waals surface area contributed by atoms with Crippen molar-refractivity contribution in [2.75, 3.05) is 20.1 Å². The molecular weight excluding hydrogens is 322 g/mol. The molecule has 24 heavy (non-hydrogen) atoms. The van der Waals surface area contributed by atoms with E-state index in [-0.39, 0.29) is 0 Å². The van der Waals surface area contributed by atoms with Crippen molar-refractivity contribution in [2.45, 2.75) is 32.0 Å². The zero-order valence-corrected chi connectivity index (χ0v) is 14.8. The SMILES string of the molecule is CN1CCC(NCc2cc(Cl)ccc2OCc2cccnc2)CC1. The Balaban J connectivity index is 1.60. The van der Waals surface area contributed by atoms with Gasteiger partial charge in [-0.2, -0.15) is 0 Å². The minimum atomic E-state index is 0.511. The monoisotopic (exact) mass is 345 g/mol. The molecule has 1 fully saturated rings. The summed E-state index contributed by atoms with van der Waals surface area (Å²) in [7, 11) is 2.18. The molecule has 0 spiro atoms. The molecule has 2 heterocycles. The summed E-state index contributed by atoms with van der Waals surface area (Å²) in [6, 6.07) is 10.3. The van der Waals surface area contributed by atoms with Crippen LogP contribution in [0.1, 0.15) is 24.0 Å². The van der Waals surface area contributed by atoms with Gasteiger partial charge in [-0.3, -0.25) is 4.98 Å². The molecule has 4 nitrogen and oxygen atoms in total. The van der Waals surface area contributed by atoms with Crippen LogP contribution >= 0.6 is 11.6 Å². The average Bonchev–Trinajstić information content (AvgIpc) is 2.61. The highest BCUT2D eigenvalue weighted by molar-refractivity contribution is 6.30. The first-order valence-electron chi connectivity index (χ1n) is 8.43. The van der Waals surface area contributed by atoms with E-state index >= 15 is 0 Å². The highest BCUT2D eigenvalue weighted by Gasteiger charge is 2.16. The Labute approximate surface area is 148 Å². The zero-order chi connectivity index (χ0) is 16.8. The Bertz CT molecular complexity index is 642. The van der Waals surface area contributed by atoms with E-state index in [0.29, 0.717) is 12.6 Å². The van der Waals surface area contributed by atoms with Gasteiger partial charge in [-0.1, -0.05) is 17.7 Å². The first-order chi connectivity index (χ1) is 11.7. The number of pyridine rings is 1. The van der Waals surface area contributed by atoms with Gasteiger partial charge < -0.3 is 15.0 Å². The van der Waals surface area contributed by atoms with Crippen LogP contribution < -0.4 is 10.1 Å². The maximum atomic E-state index is 6.17. The van der Waals surface area contributed by atoms with Gasteiger partial charge in [0.2, 0.25) is 0 Å². The van der Waals surface area contributed by atoms with Gasteiger partial charge in [0.1, 0.15) is 12.4 Å². The summed E-state index contributed by atoms with van der Waals surface area (Å²) in [5.74, 6) is 0.878. The molecule has 0 amide bonds. The third-order valence-electron chi connectivity index (χ3n) is 4.44. The lowest BCUT2D eigenvalue weighted by atomic mass is 10.0. The molecule has 0 unspecified atom stereocenters. The van der Waals surface area contributed by atoms with Gasteiger partial charge in [-0.15, -0.1) is 0 Å². The first kappa shape index (κ1) is 17.2. The molecule has 1 N–H and O–H groups in total. The molecule has 1 aromatic carbocycles. The van der Waals surface area contributed by atoms with E-state index in [1.165, 1.54) is 12.8 Å². The molecule has 2 aromatic rings. The molecule has 1 aliphatic heterocycles. The lowest BCUT2D eigenvalue weighted by Gasteiger charge is -2.29. The number of piperidine rings is 1. The number of ether oxygens (including phenoxy) is 1. The second-order valence-electron chi connectivity index (χ2n) is 6.36. The standard InChI is InChI=1S/C19H24ClN3O/c1-23-9-6-18(7-10-23)22-13-16-11-17(20)4-5-19(16)24-14-15-3-2-8-21-12-15/h2-5,8,11-12,18,22H,6-7,9-10,13-14H2,1H3. The van der Waals surface area contributed by atoms with Crippen molar-refractivity contribution in [1.82, 2.24) is 15.2 Å². The molecule has 0 radical (unpaired) electrons. The maximum Gasteiger partial charge on any atom is 0.124 e. The van der Waals surface area contributed by atoms with Crippen LogP contribution in [-0.2, 0) is 13.2 Å². The lowest BCUT2D eigenvalue weighted by Crippen LogP contribution is -2.40. The van der Waals surface area contributed by atoms with Crippen molar-refractivity contribution in [1.29, 1.82) is 0 Å². The van der Waals surface area contributed by atoms with Gasteiger partial charge >= 0.3 is 0 Å². The molecule has 1 saturated heterocycles. The fraction of sp³-hybridized carbons (Fsp3) is 0.421. The number of halogens is 1. The topological polar surface area (TPSA) is 37.4 Å². The Morgan fingerprint density at radius 1 is 1.29 bits per heavy atom. The van der Waals surface area contributed by atoms with Crippen LogP contribution in [0.5, 0.6) is 5.75 Å². The number of rotatable bonds is 6. The van der Waals surface area contributed by atoms with Gasteiger partial charge in [-0.05, 0) is 57.2 Å². The summed E-state index contributed by atoms with van der Waals surface area (Å²) in [5, 5.41) is 4.39. The van der Waals surface area contributed by atoms with Crippen LogP contribution in [0.2, 0.25) is 5.02 Å². The smallest absolute Gasteiger partial charge is 0.124 e. The minimum Gasteiger partial charge on any atom is -0.489 e. The zero-order valence-electron chi connectivity index (χ0n) is 14.0. The third-order valence-corrected chi connectivity index (χ3v) is 4.67. The van der Waals surface area contributed by atoms with Crippen LogP contribution in [0.4, 0.5) is 0 Å². The van der Waals surface area contributed by atoms with E-state index in [2.05, 4.69) is 22.2 Å². The Hall–Kier alpha value is -1.62. The molecule has 0 atom stereocenters. The van der Waals surface area contributed by atoms with Crippen LogP contribution in [0.3, 0.4) is 0 Å². The highest BCUT2D eigenvalue weighted by atomic mass is 35.5. The molecule has 5 heteroatoms. The second-order valence-corrected chi connectivity index (χ2v) is 6.80. The first-order valence-corrected chi connectivity index (χ1v) is 8.80. The summed E-state index contributed by atoms with van der Waals surface area (Å²) < 4.78 is 5.99. The summed E-state index contributed by atoms with van der Waals surface area (Å²) in [5.41, 5.74) is 2.16. The van der Waals surface area contributed by atoms with Gasteiger partial charge in [0.05, 0.1) is 0 Å². The van der Waals surface area contributed by atoms with Crippen molar-refractivity contribution in [3.8, 4) is 5.75 Å². The molecule has 1 aromatic heterocycles. The fourth-order valence-electron chi connectivity index (χ4n) is 2.94. The summed E-state index contributed by atoms with van der Waals surface area (Å²) in [6.07, 6.45) is 5.96. The van der Waals surface area contributed by atoms with Crippen molar-refractivity contribution < 1.29 is 4.74 Å². The fourth-order valence-corrected chi connectivity index (χ4v) is 3.13. The number of hydrogen-bond donors (Lipinski definition) is 1. The van der Waals surface area contributed by atoms with Gasteiger partial charge in [0.25, 0.3) is 0 Å². The van der Waals surface area contributed by atoms with E-state index in [9.17, 15) is 0 Å². The maximum absolute atomic E-state index is 6.17. The van der Waals surface area contributed by atoms with E-state index < -0.39 is 0 Å². The Kier molecular flexibility index (Phi) is 6.07. The second kappa shape index (κ2) is 8.47. The quantitative estimate of drug-likeness (QED) is 0.869. The van der Waals surface area contributed by atoms with Gasteiger partial charge in [0, 0.05) is 41.1 Å². The van der Waals surface area contributed by atoms with Gasteiger partial charge in [-0.25, -0.2) is 0 Å². The molecule has 0 aliphatic carbocycles. The molecule has 3 rings (SSSR count). The number of benzene rings is 1. The molecule has 1 aliphatic rings. The van der Waals surface area contributed by atoms with Crippen LogP contribution in [-0.4, -0.2) is 36.1 Å². The lowest BCUT2D eigenvalue weighted by molar-refractivity contribution is 0.233. The summed E-state index contributed by atoms with van der Waals surface area (Å²) >= 11 is 6.17. The Morgan fingerprint density at radius 3 is 2.88 bits per heavy atom. The van der Waals surface area contributed by atoms with Gasteiger partial charge in [0.15, 0.2) is 0 Å². The molecule has 128 valence electrons. The number of nitrogens with zero attached hydrogens (tertiary/aromatic N) is 2. The largest absolute Gasteiger partial charge is 0.489 e. The van der Waals surface area contributed by atoms with Crippen molar-refractivity contribution in [2.24, 2.45) is 0 Å². The summed E-state index contributed by atoms with van der Waals surface area (Å²) in [6.45, 7) is 3.59. The van der Waals surface area contributed by atoms with E-state index in [1.807, 2.05) is 36.5 Å². The molecule has 0 bridgehead atoms.